The van der Waals surface area contributed by atoms with Gasteiger partial charge in [0.05, 0.1) is 6.10 Å². The molecule has 5 heteroatoms. The molecule has 0 spiro atoms. The van der Waals surface area contributed by atoms with Crippen LogP contribution in [0.3, 0.4) is 0 Å². The molecular formula is C14H19FN2OS. The van der Waals surface area contributed by atoms with E-state index < -0.39 is 0 Å². The molecular weight excluding hydrogens is 263 g/mol. The summed E-state index contributed by atoms with van der Waals surface area (Å²) in [5.41, 5.74) is 1.27. The summed E-state index contributed by atoms with van der Waals surface area (Å²) in [5.74, 6) is -0.242. The lowest BCUT2D eigenvalue weighted by atomic mass is 9.93. The van der Waals surface area contributed by atoms with Crippen LogP contribution in [0.2, 0.25) is 0 Å². The van der Waals surface area contributed by atoms with Crippen molar-refractivity contribution >= 4 is 23.0 Å². The molecule has 0 heterocycles. The Bertz CT molecular complexity index is 459. The summed E-state index contributed by atoms with van der Waals surface area (Å²) in [4.78, 5) is 0. The van der Waals surface area contributed by atoms with Gasteiger partial charge < -0.3 is 15.7 Å². The molecule has 0 aromatic heterocycles. The van der Waals surface area contributed by atoms with Crippen molar-refractivity contribution in [1.29, 1.82) is 0 Å². The van der Waals surface area contributed by atoms with Gasteiger partial charge in [0.15, 0.2) is 5.11 Å². The van der Waals surface area contributed by atoms with Crippen molar-refractivity contribution in [3.8, 4) is 0 Å². The smallest absolute Gasteiger partial charge is 0.170 e. The maximum absolute atomic E-state index is 13.4. The first kappa shape index (κ1) is 14.2. The molecule has 1 aliphatic carbocycles. The van der Waals surface area contributed by atoms with E-state index in [1.165, 1.54) is 6.07 Å². The molecule has 3 nitrogen and oxygen atoms in total. The van der Waals surface area contributed by atoms with E-state index in [4.69, 9.17) is 12.2 Å². The second kappa shape index (κ2) is 6.30. The molecule has 19 heavy (non-hydrogen) atoms. The van der Waals surface area contributed by atoms with Crippen LogP contribution in [0.1, 0.15) is 31.2 Å². The molecule has 0 amide bonds. The first-order valence-electron chi connectivity index (χ1n) is 6.56. The Morgan fingerprint density at radius 2 is 2.00 bits per heavy atom. The zero-order valence-corrected chi connectivity index (χ0v) is 11.8. The summed E-state index contributed by atoms with van der Waals surface area (Å²) in [6.45, 7) is 1.73. The van der Waals surface area contributed by atoms with Gasteiger partial charge in [-0.2, -0.15) is 0 Å². The Hall–Kier alpha value is -1.20. The minimum atomic E-state index is -0.242. The van der Waals surface area contributed by atoms with Crippen LogP contribution in [-0.2, 0) is 0 Å². The lowest BCUT2D eigenvalue weighted by Gasteiger charge is -2.27. The number of hydrogen-bond donors (Lipinski definition) is 3. The highest BCUT2D eigenvalue weighted by Gasteiger charge is 2.19. The summed E-state index contributed by atoms with van der Waals surface area (Å²) in [5, 5.41) is 16.1. The first-order chi connectivity index (χ1) is 9.04. The number of hydrogen-bond acceptors (Lipinski definition) is 2. The fourth-order valence-electron chi connectivity index (χ4n) is 2.24. The molecule has 0 aliphatic heterocycles. The normalized spacial score (nSPS) is 22.9. The number of anilines is 1. The number of nitrogens with one attached hydrogen (secondary N) is 2. The number of thiocarbonyl (C=S) groups is 1. The number of benzene rings is 1. The maximum atomic E-state index is 13.4. The van der Waals surface area contributed by atoms with Crippen LogP contribution in [0.5, 0.6) is 0 Å². The Labute approximate surface area is 118 Å². The molecule has 1 aromatic rings. The molecule has 2 rings (SSSR count). The third-order valence-corrected chi connectivity index (χ3v) is 3.68. The van der Waals surface area contributed by atoms with Gasteiger partial charge in [-0.3, -0.25) is 0 Å². The fraction of sp³-hybridized carbons (Fsp3) is 0.500. The lowest BCUT2D eigenvalue weighted by molar-refractivity contribution is 0.120. The quantitative estimate of drug-likeness (QED) is 0.730. The Balaban J connectivity index is 1.85. The number of aryl methyl sites for hydroxylation is 1. The van der Waals surface area contributed by atoms with Crippen LogP contribution in [0.4, 0.5) is 10.1 Å². The Morgan fingerprint density at radius 1 is 1.32 bits per heavy atom. The molecule has 3 N–H and O–H groups in total. The van der Waals surface area contributed by atoms with Gasteiger partial charge in [-0.1, -0.05) is 6.07 Å². The van der Waals surface area contributed by atoms with E-state index >= 15 is 0 Å². The highest BCUT2D eigenvalue weighted by atomic mass is 32.1. The fourth-order valence-corrected chi connectivity index (χ4v) is 2.53. The Morgan fingerprint density at radius 3 is 2.63 bits per heavy atom. The van der Waals surface area contributed by atoms with Gasteiger partial charge >= 0.3 is 0 Å². The second-order valence-corrected chi connectivity index (χ2v) is 5.48. The maximum Gasteiger partial charge on any atom is 0.170 e. The zero-order valence-electron chi connectivity index (χ0n) is 10.9. The van der Waals surface area contributed by atoms with Crippen LogP contribution < -0.4 is 10.6 Å². The van der Waals surface area contributed by atoms with Gasteiger partial charge in [-0.25, -0.2) is 4.39 Å². The predicted octanol–water partition coefficient (Wildman–Crippen LogP) is 2.72. The van der Waals surface area contributed by atoms with E-state index in [1.54, 1.807) is 19.1 Å². The van der Waals surface area contributed by atoms with Crippen molar-refractivity contribution in [2.45, 2.75) is 44.8 Å². The van der Waals surface area contributed by atoms with Crippen LogP contribution in [0.15, 0.2) is 18.2 Å². The van der Waals surface area contributed by atoms with Crippen molar-refractivity contribution < 1.29 is 9.50 Å². The van der Waals surface area contributed by atoms with Crippen molar-refractivity contribution in [1.82, 2.24) is 5.32 Å². The highest BCUT2D eigenvalue weighted by molar-refractivity contribution is 7.80. The molecule has 1 saturated carbocycles. The molecule has 0 bridgehead atoms. The van der Waals surface area contributed by atoms with Gasteiger partial charge in [0.25, 0.3) is 0 Å². The van der Waals surface area contributed by atoms with E-state index in [0.29, 0.717) is 22.4 Å². The third-order valence-electron chi connectivity index (χ3n) is 3.46. The van der Waals surface area contributed by atoms with Crippen LogP contribution >= 0.6 is 12.2 Å². The predicted molar refractivity (Wildman–Crippen MR) is 78.8 cm³/mol. The van der Waals surface area contributed by atoms with Gasteiger partial charge in [-0.05, 0) is 62.5 Å². The van der Waals surface area contributed by atoms with E-state index in [1.807, 2.05) is 0 Å². The molecule has 1 fully saturated rings. The molecule has 0 saturated heterocycles. The van der Waals surface area contributed by atoms with Gasteiger partial charge in [-0.15, -0.1) is 0 Å². The van der Waals surface area contributed by atoms with Crippen LogP contribution in [0, 0.1) is 12.7 Å². The number of rotatable bonds is 2. The highest BCUT2D eigenvalue weighted by Crippen LogP contribution is 2.19. The van der Waals surface area contributed by atoms with E-state index in [2.05, 4.69) is 10.6 Å². The summed E-state index contributed by atoms with van der Waals surface area (Å²) in [7, 11) is 0. The Kier molecular flexibility index (Phi) is 4.71. The standard InChI is InChI=1S/C14H19FN2OS/c1-9-2-3-11(8-13(9)15)17-14(19)16-10-4-6-12(18)7-5-10/h2-3,8,10,12,18H,4-7H2,1H3,(H2,16,17,19). The second-order valence-electron chi connectivity index (χ2n) is 5.07. The molecule has 0 radical (unpaired) electrons. The van der Waals surface area contributed by atoms with Crippen molar-refractivity contribution in [3.05, 3.63) is 29.6 Å². The molecule has 104 valence electrons. The van der Waals surface area contributed by atoms with E-state index in [-0.39, 0.29) is 11.9 Å². The summed E-state index contributed by atoms with van der Waals surface area (Å²) in [6, 6.07) is 5.25. The SMILES string of the molecule is Cc1ccc(NC(=S)NC2CCC(O)CC2)cc1F. The first-order valence-corrected chi connectivity index (χ1v) is 6.97. The topological polar surface area (TPSA) is 44.3 Å². The van der Waals surface area contributed by atoms with Crippen LogP contribution in [0.25, 0.3) is 0 Å². The average molecular weight is 282 g/mol. The number of aliphatic hydroxyl groups is 1. The van der Waals surface area contributed by atoms with E-state index in [9.17, 15) is 9.50 Å². The lowest BCUT2D eigenvalue weighted by Crippen LogP contribution is -2.40. The largest absolute Gasteiger partial charge is 0.393 e. The number of halogens is 1. The molecule has 1 aromatic carbocycles. The zero-order chi connectivity index (χ0) is 13.8. The van der Waals surface area contributed by atoms with Gasteiger partial charge in [0, 0.05) is 11.7 Å². The summed E-state index contributed by atoms with van der Waals surface area (Å²) >= 11 is 5.22. The van der Waals surface area contributed by atoms with Crippen molar-refractivity contribution in [2.24, 2.45) is 0 Å². The minimum Gasteiger partial charge on any atom is -0.393 e. The average Bonchev–Trinajstić information content (AvgIpc) is 2.37. The molecule has 0 unspecified atom stereocenters. The number of aliphatic hydroxyl groups excluding tert-OH is 1. The van der Waals surface area contributed by atoms with Crippen LogP contribution in [-0.4, -0.2) is 22.4 Å². The molecule has 0 atom stereocenters. The van der Waals surface area contributed by atoms with Gasteiger partial charge in [0.1, 0.15) is 5.82 Å². The molecule has 1 aliphatic rings. The summed E-state index contributed by atoms with van der Waals surface area (Å²) < 4.78 is 13.4. The van der Waals surface area contributed by atoms with E-state index in [0.717, 1.165) is 25.7 Å². The minimum absolute atomic E-state index is 0.175. The van der Waals surface area contributed by atoms with Gasteiger partial charge in [0.2, 0.25) is 0 Å². The third kappa shape index (κ3) is 4.14. The summed E-state index contributed by atoms with van der Waals surface area (Å²) in [6.07, 6.45) is 3.25. The van der Waals surface area contributed by atoms with Crippen molar-refractivity contribution in [3.63, 3.8) is 0 Å². The monoisotopic (exact) mass is 282 g/mol. The van der Waals surface area contributed by atoms with Crippen molar-refractivity contribution in [2.75, 3.05) is 5.32 Å².